The SMILES string of the molecule is Cn1nc(-c2ccccn2)c2[nH]c(-c3ccc(-c4csnn4)cc3)nc21. The molecule has 0 amide bonds. The van der Waals surface area contributed by atoms with Crippen molar-refractivity contribution in [1.82, 2.24) is 34.3 Å². The van der Waals surface area contributed by atoms with Gasteiger partial charge < -0.3 is 4.98 Å². The van der Waals surface area contributed by atoms with Gasteiger partial charge in [0.25, 0.3) is 0 Å². The topological polar surface area (TPSA) is 85.2 Å². The summed E-state index contributed by atoms with van der Waals surface area (Å²) >= 11 is 1.34. The lowest BCUT2D eigenvalue weighted by atomic mass is 10.1. The van der Waals surface area contributed by atoms with E-state index in [2.05, 4.69) is 24.7 Å². The first kappa shape index (κ1) is 14.9. The van der Waals surface area contributed by atoms with Gasteiger partial charge in [0.05, 0.1) is 5.69 Å². The Bertz CT molecular complexity index is 1170. The molecule has 0 saturated carbocycles. The second-order valence-electron chi connectivity index (χ2n) is 5.84. The van der Waals surface area contributed by atoms with Gasteiger partial charge in [-0.3, -0.25) is 4.98 Å². The number of aromatic nitrogens is 7. The summed E-state index contributed by atoms with van der Waals surface area (Å²) in [6.07, 6.45) is 1.76. The van der Waals surface area contributed by atoms with Gasteiger partial charge in [-0.1, -0.05) is 34.8 Å². The van der Waals surface area contributed by atoms with Crippen molar-refractivity contribution in [2.24, 2.45) is 7.05 Å². The first-order chi connectivity index (χ1) is 12.8. The molecule has 0 saturated heterocycles. The smallest absolute Gasteiger partial charge is 0.177 e. The highest BCUT2D eigenvalue weighted by atomic mass is 32.1. The number of pyridine rings is 1. The molecule has 0 aliphatic carbocycles. The van der Waals surface area contributed by atoms with Crippen LogP contribution in [0.3, 0.4) is 0 Å². The van der Waals surface area contributed by atoms with E-state index in [1.165, 1.54) is 11.5 Å². The van der Waals surface area contributed by atoms with Crippen molar-refractivity contribution in [3.8, 4) is 34.0 Å². The highest BCUT2D eigenvalue weighted by molar-refractivity contribution is 7.03. The van der Waals surface area contributed by atoms with Gasteiger partial charge in [-0.05, 0) is 23.7 Å². The molecule has 0 fully saturated rings. The summed E-state index contributed by atoms with van der Waals surface area (Å²) in [6.45, 7) is 0. The number of rotatable bonds is 3. The van der Waals surface area contributed by atoms with E-state index in [4.69, 9.17) is 4.98 Å². The Morgan fingerprint density at radius 3 is 2.58 bits per heavy atom. The molecule has 0 atom stereocenters. The number of nitrogens with one attached hydrogen (secondary N) is 1. The Labute approximate surface area is 152 Å². The fraction of sp³-hybridized carbons (Fsp3) is 0.0556. The van der Waals surface area contributed by atoms with E-state index in [1.807, 2.05) is 54.9 Å². The molecule has 5 rings (SSSR count). The molecule has 0 bridgehead atoms. The molecular formula is C18H13N7S. The number of aromatic amines is 1. The molecule has 1 N–H and O–H groups in total. The molecule has 5 aromatic rings. The van der Waals surface area contributed by atoms with Crippen LogP contribution in [0.1, 0.15) is 0 Å². The first-order valence-corrected chi connectivity index (χ1v) is 8.85. The molecule has 4 aromatic heterocycles. The Balaban J connectivity index is 1.58. The zero-order valence-corrected chi connectivity index (χ0v) is 14.6. The summed E-state index contributed by atoms with van der Waals surface area (Å²) in [5.41, 5.74) is 6.22. The second kappa shape index (κ2) is 5.85. The van der Waals surface area contributed by atoms with Crippen molar-refractivity contribution in [2.75, 3.05) is 0 Å². The van der Waals surface area contributed by atoms with Gasteiger partial charge in [-0.15, -0.1) is 5.10 Å². The van der Waals surface area contributed by atoms with Crippen molar-refractivity contribution < 1.29 is 0 Å². The van der Waals surface area contributed by atoms with E-state index in [9.17, 15) is 0 Å². The summed E-state index contributed by atoms with van der Waals surface area (Å²) in [4.78, 5) is 12.5. The molecule has 126 valence electrons. The molecule has 8 heteroatoms. The summed E-state index contributed by atoms with van der Waals surface area (Å²) in [7, 11) is 1.89. The lowest BCUT2D eigenvalue weighted by Crippen LogP contribution is -1.93. The maximum atomic E-state index is 4.71. The Kier molecular flexibility index (Phi) is 3.36. The van der Waals surface area contributed by atoms with Crippen LogP contribution in [-0.2, 0) is 7.05 Å². The second-order valence-corrected chi connectivity index (χ2v) is 6.45. The number of nitrogens with zero attached hydrogens (tertiary/aromatic N) is 6. The predicted molar refractivity (Wildman–Crippen MR) is 100 cm³/mol. The van der Waals surface area contributed by atoms with Gasteiger partial charge in [0.2, 0.25) is 0 Å². The summed E-state index contributed by atoms with van der Waals surface area (Å²) < 4.78 is 5.68. The maximum absolute atomic E-state index is 4.71. The minimum atomic E-state index is 0.798. The summed E-state index contributed by atoms with van der Waals surface area (Å²) in [5.74, 6) is 0.799. The summed E-state index contributed by atoms with van der Waals surface area (Å²) in [5, 5.41) is 10.6. The minimum absolute atomic E-state index is 0.798. The van der Waals surface area contributed by atoms with Crippen molar-refractivity contribution in [3.63, 3.8) is 0 Å². The van der Waals surface area contributed by atoms with Crippen molar-refractivity contribution in [2.45, 2.75) is 0 Å². The van der Waals surface area contributed by atoms with Crippen LogP contribution < -0.4 is 0 Å². The number of hydrogen-bond acceptors (Lipinski definition) is 6. The van der Waals surface area contributed by atoms with E-state index < -0.39 is 0 Å². The molecular weight excluding hydrogens is 346 g/mol. The molecule has 26 heavy (non-hydrogen) atoms. The normalized spacial score (nSPS) is 11.3. The molecule has 0 aliphatic heterocycles. The highest BCUT2D eigenvalue weighted by Gasteiger charge is 2.17. The average molecular weight is 359 g/mol. The predicted octanol–water partition coefficient (Wildman–Crippen LogP) is 3.54. The largest absolute Gasteiger partial charge is 0.335 e. The Morgan fingerprint density at radius 2 is 1.85 bits per heavy atom. The van der Waals surface area contributed by atoms with E-state index in [-0.39, 0.29) is 0 Å². The number of H-pyrrole nitrogens is 1. The third kappa shape index (κ3) is 2.39. The monoisotopic (exact) mass is 359 g/mol. The van der Waals surface area contributed by atoms with E-state index in [0.29, 0.717) is 0 Å². The van der Waals surface area contributed by atoms with Crippen LogP contribution in [0, 0.1) is 0 Å². The molecule has 4 heterocycles. The van der Waals surface area contributed by atoms with E-state index >= 15 is 0 Å². The number of fused-ring (bicyclic) bond motifs is 1. The van der Waals surface area contributed by atoms with Gasteiger partial charge in [0.15, 0.2) is 5.65 Å². The van der Waals surface area contributed by atoms with Crippen LogP contribution >= 0.6 is 11.5 Å². The van der Waals surface area contributed by atoms with Gasteiger partial charge in [-0.2, -0.15) is 5.10 Å². The number of benzene rings is 1. The van der Waals surface area contributed by atoms with E-state index in [0.717, 1.165) is 45.2 Å². The lowest BCUT2D eigenvalue weighted by molar-refractivity contribution is 0.789. The fourth-order valence-corrected chi connectivity index (χ4v) is 3.38. The van der Waals surface area contributed by atoms with Crippen molar-refractivity contribution in [1.29, 1.82) is 0 Å². The van der Waals surface area contributed by atoms with Crippen LogP contribution in [-0.4, -0.2) is 34.3 Å². The summed E-state index contributed by atoms with van der Waals surface area (Å²) in [6, 6.07) is 13.9. The first-order valence-electron chi connectivity index (χ1n) is 8.01. The Hall–Kier alpha value is -3.39. The minimum Gasteiger partial charge on any atom is -0.335 e. The van der Waals surface area contributed by atoms with E-state index in [1.54, 1.807) is 10.9 Å². The van der Waals surface area contributed by atoms with Gasteiger partial charge >= 0.3 is 0 Å². The molecule has 0 aliphatic rings. The zero-order valence-electron chi connectivity index (χ0n) is 13.8. The average Bonchev–Trinajstić information content (AvgIpc) is 3.41. The van der Waals surface area contributed by atoms with Crippen LogP contribution in [0.2, 0.25) is 0 Å². The van der Waals surface area contributed by atoms with Crippen LogP contribution in [0.5, 0.6) is 0 Å². The highest BCUT2D eigenvalue weighted by Crippen LogP contribution is 2.28. The van der Waals surface area contributed by atoms with Crippen LogP contribution in [0.15, 0.2) is 54.0 Å². The molecule has 7 nitrogen and oxygen atoms in total. The quantitative estimate of drug-likeness (QED) is 0.532. The van der Waals surface area contributed by atoms with Crippen molar-refractivity contribution >= 4 is 22.7 Å². The molecule has 0 radical (unpaired) electrons. The number of imidazole rings is 1. The van der Waals surface area contributed by atoms with Gasteiger partial charge in [-0.25, -0.2) is 9.67 Å². The number of aryl methyl sites for hydroxylation is 1. The molecule has 0 spiro atoms. The Morgan fingerprint density at radius 1 is 1.00 bits per heavy atom. The fourth-order valence-electron chi connectivity index (χ4n) is 2.92. The zero-order chi connectivity index (χ0) is 17.5. The standard InChI is InChI=1S/C18H13N7S/c1-25-18-16(15(23-25)13-4-2-3-9-19-13)20-17(21-18)12-7-5-11(6-8-12)14-10-26-24-22-14/h2-10H,1H3,(H,20,21). The molecule has 0 unspecified atom stereocenters. The lowest BCUT2D eigenvalue weighted by Gasteiger charge is -2.00. The van der Waals surface area contributed by atoms with Gasteiger partial charge in [0, 0.05) is 29.8 Å². The molecule has 1 aromatic carbocycles. The third-order valence-corrected chi connectivity index (χ3v) is 4.70. The van der Waals surface area contributed by atoms with Crippen LogP contribution in [0.4, 0.5) is 0 Å². The van der Waals surface area contributed by atoms with Crippen molar-refractivity contribution in [3.05, 3.63) is 54.0 Å². The van der Waals surface area contributed by atoms with Crippen LogP contribution in [0.25, 0.3) is 45.2 Å². The maximum Gasteiger partial charge on any atom is 0.177 e. The number of hydrogen-bond donors (Lipinski definition) is 1. The van der Waals surface area contributed by atoms with Gasteiger partial charge in [0.1, 0.15) is 22.7 Å². The third-order valence-electron chi connectivity index (χ3n) is 4.20.